The molecule has 0 aliphatic heterocycles. The minimum atomic E-state index is 0.781. The highest BCUT2D eigenvalue weighted by Crippen LogP contribution is 2.22. The molecule has 0 aromatic carbocycles. The monoisotopic (exact) mass is 176 g/mol. The lowest BCUT2D eigenvalue weighted by atomic mass is 9.92. The number of hydrogen-bond donors (Lipinski definition) is 1. The van der Waals surface area contributed by atoms with E-state index in [0.717, 1.165) is 11.4 Å². The first-order valence-electron chi connectivity index (χ1n) is 4.36. The first kappa shape index (κ1) is 9.78. The molecule has 0 fully saturated rings. The smallest absolute Gasteiger partial charge is 0.0665 e. The second-order valence-electron chi connectivity index (χ2n) is 3.46. The molecule has 0 bridgehead atoms. The lowest BCUT2D eigenvalue weighted by Crippen LogP contribution is -2.12. The molecule has 0 radical (unpaired) electrons. The van der Waals surface area contributed by atoms with Gasteiger partial charge >= 0.3 is 0 Å². The Morgan fingerprint density at radius 1 is 1.31 bits per heavy atom. The molecular weight excluding hydrogens is 160 g/mol. The van der Waals surface area contributed by atoms with Crippen molar-refractivity contribution in [3.05, 3.63) is 34.6 Å². The molecule has 1 aliphatic rings. The Balaban J connectivity index is 3.29. The summed E-state index contributed by atoms with van der Waals surface area (Å²) in [7, 11) is 1.79. The van der Waals surface area contributed by atoms with Crippen LogP contribution in [0, 0.1) is 0 Å². The molecule has 0 saturated carbocycles. The summed E-state index contributed by atoms with van der Waals surface area (Å²) >= 11 is 0. The number of allylic oxidation sites excluding steroid dienone is 5. The number of nitrogens with zero attached hydrogens (tertiary/aromatic N) is 1. The summed E-state index contributed by atoms with van der Waals surface area (Å²) in [6, 6.07) is 0. The van der Waals surface area contributed by atoms with E-state index in [1.807, 2.05) is 12.2 Å². The molecule has 1 aliphatic carbocycles. The Hall–Kier alpha value is -1.31. The first-order chi connectivity index (χ1) is 6.06. The van der Waals surface area contributed by atoms with E-state index in [0.29, 0.717) is 0 Å². The van der Waals surface area contributed by atoms with Gasteiger partial charge in [0.1, 0.15) is 0 Å². The fourth-order valence-electron chi connectivity index (χ4n) is 1.62. The Bertz CT molecular complexity index is 337. The van der Waals surface area contributed by atoms with Crippen molar-refractivity contribution in [2.45, 2.75) is 20.8 Å². The quantitative estimate of drug-likeness (QED) is 0.603. The molecule has 2 heteroatoms. The van der Waals surface area contributed by atoms with Crippen LogP contribution < -0.4 is 5.73 Å². The molecule has 70 valence electrons. The van der Waals surface area contributed by atoms with Crippen molar-refractivity contribution >= 4 is 5.71 Å². The number of rotatable bonds is 0. The highest BCUT2D eigenvalue weighted by molar-refractivity contribution is 6.13. The number of aliphatic imine (C=N–C) groups is 1. The normalized spacial score (nSPS) is 20.0. The summed E-state index contributed by atoms with van der Waals surface area (Å²) in [6.07, 6.45) is 3.90. The average molecular weight is 176 g/mol. The molecule has 0 atom stereocenters. The second kappa shape index (κ2) is 3.60. The SMILES string of the molecule is CN=C1C=C(N)C=C(C)C1=C(C)C. The Labute approximate surface area is 79.5 Å². The van der Waals surface area contributed by atoms with Gasteiger partial charge in [0.15, 0.2) is 0 Å². The maximum atomic E-state index is 5.73. The largest absolute Gasteiger partial charge is 0.399 e. The summed E-state index contributed by atoms with van der Waals surface area (Å²) < 4.78 is 0. The van der Waals surface area contributed by atoms with Gasteiger partial charge in [0.2, 0.25) is 0 Å². The average Bonchev–Trinajstić information content (AvgIpc) is 2.01. The fourth-order valence-corrected chi connectivity index (χ4v) is 1.62. The van der Waals surface area contributed by atoms with E-state index in [4.69, 9.17) is 5.73 Å². The van der Waals surface area contributed by atoms with E-state index in [-0.39, 0.29) is 0 Å². The summed E-state index contributed by atoms with van der Waals surface area (Å²) in [5.74, 6) is 0. The van der Waals surface area contributed by atoms with Crippen LogP contribution in [-0.2, 0) is 0 Å². The Kier molecular flexibility index (Phi) is 2.71. The lowest BCUT2D eigenvalue weighted by Gasteiger charge is -2.15. The molecule has 2 nitrogen and oxygen atoms in total. The minimum absolute atomic E-state index is 0.781. The third-order valence-corrected chi connectivity index (χ3v) is 2.08. The maximum absolute atomic E-state index is 5.73. The number of hydrogen-bond acceptors (Lipinski definition) is 2. The van der Waals surface area contributed by atoms with Crippen LogP contribution >= 0.6 is 0 Å². The maximum Gasteiger partial charge on any atom is 0.0665 e. The molecule has 0 heterocycles. The molecule has 0 saturated heterocycles. The summed E-state index contributed by atoms with van der Waals surface area (Å²) in [5, 5.41) is 0. The van der Waals surface area contributed by atoms with Gasteiger partial charge in [-0.3, -0.25) is 4.99 Å². The zero-order valence-electron chi connectivity index (χ0n) is 8.68. The standard InChI is InChI=1S/C11H16N2/c1-7(2)11-8(3)5-9(12)6-10(11)13-4/h5-6H,12H2,1-4H3. The molecule has 0 unspecified atom stereocenters. The van der Waals surface area contributed by atoms with Crippen LogP contribution in [0.2, 0.25) is 0 Å². The molecule has 0 spiro atoms. The van der Waals surface area contributed by atoms with E-state index < -0.39 is 0 Å². The van der Waals surface area contributed by atoms with Crippen molar-refractivity contribution < 1.29 is 0 Å². The van der Waals surface area contributed by atoms with Crippen LogP contribution in [0.25, 0.3) is 0 Å². The first-order valence-corrected chi connectivity index (χ1v) is 4.36. The third kappa shape index (κ3) is 1.89. The van der Waals surface area contributed by atoms with Gasteiger partial charge in [-0.2, -0.15) is 0 Å². The zero-order valence-corrected chi connectivity index (χ0v) is 8.68. The topological polar surface area (TPSA) is 38.4 Å². The van der Waals surface area contributed by atoms with Crippen molar-refractivity contribution in [2.75, 3.05) is 7.05 Å². The van der Waals surface area contributed by atoms with Crippen molar-refractivity contribution in [2.24, 2.45) is 10.7 Å². The number of nitrogens with two attached hydrogens (primary N) is 1. The minimum Gasteiger partial charge on any atom is -0.399 e. The van der Waals surface area contributed by atoms with Gasteiger partial charge in [0, 0.05) is 18.3 Å². The Morgan fingerprint density at radius 3 is 2.38 bits per heavy atom. The van der Waals surface area contributed by atoms with Crippen LogP contribution in [0.1, 0.15) is 20.8 Å². The highest BCUT2D eigenvalue weighted by atomic mass is 14.7. The van der Waals surface area contributed by atoms with E-state index in [2.05, 4.69) is 25.8 Å². The van der Waals surface area contributed by atoms with Crippen molar-refractivity contribution in [1.29, 1.82) is 0 Å². The molecule has 0 aromatic rings. The van der Waals surface area contributed by atoms with Crippen LogP contribution in [0.5, 0.6) is 0 Å². The second-order valence-corrected chi connectivity index (χ2v) is 3.46. The van der Waals surface area contributed by atoms with E-state index in [1.54, 1.807) is 7.05 Å². The van der Waals surface area contributed by atoms with E-state index in [1.165, 1.54) is 16.7 Å². The van der Waals surface area contributed by atoms with Gasteiger partial charge in [-0.05, 0) is 38.5 Å². The molecule has 1 rings (SSSR count). The molecular formula is C11H16N2. The van der Waals surface area contributed by atoms with E-state index in [9.17, 15) is 0 Å². The zero-order chi connectivity index (χ0) is 10.0. The Morgan fingerprint density at radius 2 is 1.92 bits per heavy atom. The van der Waals surface area contributed by atoms with Gasteiger partial charge < -0.3 is 5.73 Å². The molecule has 0 aromatic heterocycles. The lowest BCUT2D eigenvalue weighted by molar-refractivity contribution is 1.25. The van der Waals surface area contributed by atoms with Gasteiger partial charge in [-0.1, -0.05) is 5.57 Å². The summed E-state index contributed by atoms with van der Waals surface area (Å²) in [6.45, 7) is 6.24. The summed E-state index contributed by atoms with van der Waals surface area (Å²) in [5.41, 5.74) is 11.2. The molecule has 2 N–H and O–H groups in total. The van der Waals surface area contributed by atoms with Gasteiger partial charge in [-0.15, -0.1) is 0 Å². The van der Waals surface area contributed by atoms with Crippen LogP contribution in [0.3, 0.4) is 0 Å². The highest BCUT2D eigenvalue weighted by Gasteiger charge is 2.12. The fraction of sp³-hybridized carbons (Fsp3) is 0.364. The van der Waals surface area contributed by atoms with Crippen molar-refractivity contribution in [3.63, 3.8) is 0 Å². The van der Waals surface area contributed by atoms with Crippen LogP contribution in [0.15, 0.2) is 39.6 Å². The van der Waals surface area contributed by atoms with E-state index >= 15 is 0 Å². The van der Waals surface area contributed by atoms with Crippen LogP contribution in [0.4, 0.5) is 0 Å². The van der Waals surface area contributed by atoms with Gasteiger partial charge in [-0.25, -0.2) is 0 Å². The predicted octanol–water partition coefficient (Wildman–Crippen LogP) is 2.20. The van der Waals surface area contributed by atoms with Crippen LogP contribution in [-0.4, -0.2) is 12.8 Å². The molecule has 13 heavy (non-hydrogen) atoms. The third-order valence-electron chi connectivity index (χ3n) is 2.08. The summed E-state index contributed by atoms with van der Waals surface area (Å²) in [4.78, 5) is 4.21. The van der Waals surface area contributed by atoms with Gasteiger partial charge in [0.25, 0.3) is 0 Å². The van der Waals surface area contributed by atoms with Gasteiger partial charge in [0.05, 0.1) is 5.71 Å². The van der Waals surface area contributed by atoms with Crippen molar-refractivity contribution in [1.82, 2.24) is 0 Å². The predicted molar refractivity (Wildman–Crippen MR) is 57.8 cm³/mol. The van der Waals surface area contributed by atoms with Crippen molar-refractivity contribution in [3.8, 4) is 0 Å². The molecule has 0 amide bonds.